The molecule has 27 heavy (non-hydrogen) atoms. The van der Waals surface area contributed by atoms with Crippen LogP contribution in [0.25, 0.3) is 0 Å². The van der Waals surface area contributed by atoms with Crippen LogP contribution >= 0.6 is 0 Å². The first-order chi connectivity index (χ1) is 12.3. The minimum absolute atomic E-state index is 1.21. The minimum Gasteiger partial charge on any atom is -0.726 e. The van der Waals surface area contributed by atoms with Gasteiger partial charge in [-0.3, -0.25) is 4.18 Å². The first kappa shape index (κ1) is 22.3. The second-order valence-electron chi connectivity index (χ2n) is 6.01. The summed E-state index contributed by atoms with van der Waals surface area (Å²) < 4.78 is 51.7. The number of ether oxygens (including phenoxy) is 3. The fraction of sp³-hybridized carbons (Fsp3) is 0.917. The van der Waals surface area contributed by atoms with Gasteiger partial charge in [-0.1, -0.05) is 0 Å². The molecule has 0 bridgehead atoms. The maximum atomic E-state index is 11.0. The quantitative estimate of drug-likeness (QED) is 0.206. The van der Waals surface area contributed by atoms with E-state index in [9.17, 15) is 48.4 Å². The molecule has 14 nitrogen and oxygen atoms in total. The number of aliphatic hydroxyl groups excluding tert-OH is 5. The van der Waals surface area contributed by atoms with Crippen LogP contribution in [0.2, 0.25) is 0 Å². The van der Waals surface area contributed by atoms with E-state index in [2.05, 4.69) is 4.18 Å². The summed E-state index contributed by atoms with van der Waals surface area (Å²) in [6, 6.07) is 0. The molecule has 0 aromatic carbocycles. The van der Waals surface area contributed by atoms with Crippen molar-refractivity contribution in [3.63, 3.8) is 0 Å². The van der Waals surface area contributed by atoms with Crippen LogP contribution in [0.15, 0.2) is 0 Å². The van der Waals surface area contributed by atoms with E-state index in [-0.39, 0.29) is 0 Å². The Morgan fingerprint density at radius 1 is 0.963 bits per heavy atom. The molecule has 15 heteroatoms. The number of carboxylic acid groups (broad SMARTS) is 1. The van der Waals surface area contributed by atoms with Crippen molar-refractivity contribution in [1.82, 2.24) is 0 Å². The predicted octanol–water partition coefficient (Wildman–Crippen LogP) is -6.13. The van der Waals surface area contributed by atoms with Crippen LogP contribution in [0.3, 0.4) is 0 Å². The molecular weight excluding hydrogens is 400 g/mol. The van der Waals surface area contributed by atoms with Gasteiger partial charge in [0.2, 0.25) is 10.4 Å². The molecule has 2 saturated heterocycles. The number of aliphatic hydroxyl groups is 5. The van der Waals surface area contributed by atoms with E-state index in [0.29, 0.717) is 0 Å². The van der Waals surface area contributed by atoms with E-state index in [1.807, 2.05) is 0 Å². The lowest BCUT2D eigenvalue weighted by Crippen LogP contribution is -2.65. The summed E-state index contributed by atoms with van der Waals surface area (Å²) in [5, 5.41) is 59.6. The van der Waals surface area contributed by atoms with Gasteiger partial charge < -0.3 is 54.2 Å². The molecule has 2 heterocycles. The monoisotopic (exact) mass is 418 g/mol. The van der Waals surface area contributed by atoms with Gasteiger partial charge in [0.15, 0.2) is 12.6 Å². The van der Waals surface area contributed by atoms with Gasteiger partial charge in [-0.05, 0) is 6.92 Å². The third-order valence-corrected chi connectivity index (χ3v) is 4.55. The van der Waals surface area contributed by atoms with Gasteiger partial charge in [-0.15, -0.1) is 0 Å². The lowest BCUT2D eigenvalue weighted by Gasteiger charge is -2.46. The molecule has 0 saturated carbocycles. The number of carbonyl (C=O) groups is 1. The average molecular weight is 418 g/mol. The fourth-order valence-corrected chi connectivity index (χ4v) is 3.24. The highest BCUT2D eigenvalue weighted by Crippen LogP contribution is 2.30. The summed E-state index contributed by atoms with van der Waals surface area (Å²) in [6.45, 7) is 1.21. The Bertz CT molecular complexity index is 638. The highest BCUT2D eigenvalue weighted by molar-refractivity contribution is 7.80. The Morgan fingerprint density at radius 2 is 1.56 bits per heavy atom. The van der Waals surface area contributed by atoms with Crippen molar-refractivity contribution in [1.29, 1.82) is 0 Å². The first-order valence-electron chi connectivity index (χ1n) is 7.55. The number of aliphatic carboxylic acids is 1. The Balaban J connectivity index is 2.26. The molecular formula is C12H18O14S-2. The molecule has 2 rings (SSSR count). The summed E-state index contributed by atoms with van der Waals surface area (Å²) in [7, 11) is -5.39. The second kappa shape index (κ2) is 8.18. The standard InChI is InChI=1S/C12H20O14S/c1-2-7(8(26-27(20,21)22)6(16)11(19)23-2)24-12-5(15)3(13)4(14)9(25-12)10(17)18/h2-9,11-16,19H,1H3,(H,17,18)(H,20,21,22)/p-2/t2-,3-,4-,5+,6+,7-,8-,9-,11?,12+/m0/s1. The first-order valence-corrected chi connectivity index (χ1v) is 8.88. The average Bonchev–Trinajstić information content (AvgIpc) is 2.54. The lowest BCUT2D eigenvalue weighted by molar-refractivity contribution is -0.366. The zero-order valence-electron chi connectivity index (χ0n) is 13.6. The Morgan fingerprint density at radius 3 is 2.07 bits per heavy atom. The van der Waals surface area contributed by atoms with Crippen LogP contribution in [0.5, 0.6) is 0 Å². The molecule has 2 fully saturated rings. The Labute approximate surface area is 152 Å². The molecule has 0 aliphatic carbocycles. The highest BCUT2D eigenvalue weighted by Gasteiger charge is 2.51. The van der Waals surface area contributed by atoms with Crippen molar-refractivity contribution in [3.8, 4) is 0 Å². The largest absolute Gasteiger partial charge is 0.726 e. The minimum atomic E-state index is -5.39. The molecule has 0 aromatic rings. The number of carboxylic acids is 1. The fourth-order valence-electron chi connectivity index (χ4n) is 2.75. The molecule has 0 spiro atoms. The maximum Gasteiger partial charge on any atom is 0.218 e. The van der Waals surface area contributed by atoms with Crippen molar-refractivity contribution < 1.29 is 66.8 Å². The molecule has 2 aliphatic heterocycles. The van der Waals surface area contributed by atoms with E-state index in [1.165, 1.54) is 6.92 Å². The molecule has 0 amide bonds. The Hall–Kier alpha value is -0.980. The topological polar surface area (TPSA) is 235 Å². The van der Waals surface area contributed by atoms with Crippen molar-refractivity contribution in [3.05, 3.63) is 0 Å². The van der Waals surface area contributed by atoms with Gasteiger partial charge >= 0.3 is 0 Å². The van der Waals surface area contributed by atoms with Gasteiger partial charge in [0.25, 0.3) is 0 Å². The van der Waals surface area contributed by atoms with Crippen LogP contribution in [0, 0.1) is 0 Å². The van der Waals surface area contributed by atoms with Gasteiger partial charge in [-0.2, -0.15) is 0 Å². The van der Waals surface area contributed by atoms with E-state index < -0.39 is 77.8 Å². The maximum absolute atomic E-state index is 11.0. The van der Waals surface area contributed by atoms with Crippen LogP contribution in [-0.2, 0) is 33.6 Å². The van der Waals surface area contributed by atoms with E-state index in [0.717, 1.165) is 0 Å². The Kier molecular flexibility index (Phi) is 6.76. The molecule has 158 valence electrons. The van der Waals surface area contributed by atoms with Crippen molar-refractivity contribution in [2.75, 3.05) is 0 Å². The zero-order chi connectivity index (χ0) is 20.7. The van der Waals surface area contributed by atoms with Crippen LogP contribution < -0.4 is 5.11 Å². The number of rotatable bonds is 5. The smallest absolute Gasteiger partial charge is 0.218 e. The SMILES string of the molecule is C[C@@H]1OC(O)[C@H](O)[C@H](OS(=O)(=O)[O-])[C@H]1O[C@@H]1O[C@H](C(=O)[O-])[C@@H](O)[C@H](O)[C@H]1O. The summed E-state index contributed by atoms with van der Waals surface area (Å²) >= 11 is 0. The van der Waals surface area contributed by atoms with Crippen LogP contribution in [0.4, 0.5) is 0 Å². The van der Waals surface area contributed by atoms with Crippen LogP contribution in [0.1, 0.15) is 6.92 Å². The number of carbonyl (C=O) groups excluding carboxylic acids is 1. The third kappa shape index (κ3) is 4.90. The number of hydrogen-bond acceptors (Lipinski definition) is 14. The van der Waals surface area contributed by atoms with E-state index in [1.54, 1.807) is 0 Å². The zero-order valence-corrected chi connectivity index (χ0v) is 14.4. The summed E-state index contributed by atoms with van der Waals surface area (Å²) in [5.74, 6) is -1.94. The van der Waals surface area contributed by atoms with E-state index >= 15 is 0 Å². The molecule has 2 aliphatic rings. The number of hydrogen-bond donors (Lipinski definition) is 5. The molecule has 1 unspecified atom stereocenters. The molecule has 0 radical (unpaired) electrons. The van der Waals surface area contributed by atoms with Crippen molar-refractivity contribution in [2.45, 2.75) is 68.3 Å². The summed E-state index contributed by atoms with van der Waals surface area (Å²) in [5.41, 5.74) is 0. The van der Waals surface area contributed by atoms with Gasteiger partial charge in [0.05, 0.1) is 12.1 Å². The van der Waals surface area contributed by atoms with E-state index in [4.69, 9.17) is 14.2 Å². The van der Waals surface area contributed by atoms with Crippen LogP contribution in [-0.4, -0.2) is 106 Å². The van der Waals surface area contributed by atoms with Gasteiger partial charge in [0, 0.05) is 0 Å². The van der Waals surface area contributed by atoms with Gasteiger partial charge in [-0.25, -0.2) is 8.42 Å². The third-order valence-electron chi connectivity index (χ3n) is 4.09. The molecule has 0 aromatic heterocycles. The summed E-state index contributed by atoms with van der Waals surface area (Å²) in [6.07, 6.45) is -19.2. The molecule has 10 atom stereocenters. The van der Waals surface area contributed by atoms with Crippen molar-refractivity contribution >= 4 is 16.4 Å². The summed E-state index contributed by atoms with van der Waals surface area (Å²) in [4.78, 5) is 11.0. The predicted molar refractivity (Wildman–Crippen MR) is 73.7 cm³/mol. The normalized spacial score (nSPS) is 46.2. The molecule has 5 N–H and O–H groups in total. The van der Waals surface area contributed by atoms with Crippen molar-refractivity contribution in [2.24, 2.45) is 0 Å². The second-order valence-corrected chi connectivity index (χ2v) is 7.02. The highest BCUT2D eigenvalue weighted by atomic mass is 32.3. The lowest BCUT2D eigenvalue weighted by atomic mass is 9.97. The van der Waals surface area contributed by atoms with Gasteiger partial charge in [0.1, 0.15) is 42.7 Å².